The van der Waals surface area contributed by atoms with Crippen LogP contribution in [0.5, 0.6) is 0 Å². The second-order valence-electron chi connectivity index (χ2n) is 9.08. The van der Waals surface area contributed by atoms with Gasteiger partial charge in [0.2, 0.25) is 17.7 Å². The van der Waals surface area contributed by atoms with Crippen molar-refractivity contribution in [3.63, 3.8) is 0 Å². The molecule has 3 amide bonds. The molecule has 4 aliphatic rings. The number of halogens is 2. The Bertz CT molecular complexity index is 1370. The number of hydrogen-bond donors (Lipinski definition) is 1. The van der Waals surface area contributed by atoms with Crippen LogP contribution in [0.1, 0.15) is 22.3 Å². The number of amides is 3. The SMILES string of the molecule is O=C(CN1C(=O)[C@@H]2[C@H](C1=O)C1(Cl)c3ccccc3C2(Cl)c2ccccc21)Nc1ccc([N+](=O)[O-])cc1. The predicted molar refractivity (Wildman–Crippen MR) is 132 cm³/mol. The van der Waals surface area contributed by atoms with Crippen LogP contribution in [0.15, 0.2) is 72.8 Å². The number of likely N-dealkylation sites (tertiary alicyclic amines) is 1. The van der Waals surface area contributed by atoms with Crippen LogP contribution in [0.3, 0.4) is 0 Å². The van der Waals surface area contributed by atoms with Gasteiger partial charge in [-0.15, -0.1) is 23.2 Å². The van der Waals surface area contributed by atoms with Crippen LogP contribution in [0.4, 0.5) is 11.4 Å². The number of nitro groups is 1. The number of non-ortho nitro benzene ring substituents is 1. The number of alkyl halides is 2. The molecule has 1 saturated heterocycles. The molecule has 1 aliphatic heterocycles. The molecule has 1 heterocycles. The maximum Gasteiger partial charge on any atom is 0.269 e. The summed E-state index contributed by atoms with van der Waals surface area (Å²) in [6.07, 6.45) is 0. The van der Waals surface area contributed by atoms with E-state index in [0.717, 1.165) is 4.90 Å². The summed E-state index contributed by atoms with van der Waals surface area (Å²) in [4.78, 5) is 48.8. The van der Waals surface area contributed by atoms with E-state index in [9.17, 15) is 24.5 Å². The van der Waals surface area contributed by atoms with E-state index in [1.54, 1.807) is 0 Å². The van der Waals surface area contributed by atoms with Gasteiger partial charge in [-0.05, 0) is 34.4 Å². The minimum absolute atomic E-state index is 0.128. The summed E-state index contributed by atoms with van der Waals surface area (Å²) >= 11 is 14.7. The third kappa shape index (κ3) is 2.79. The van der Waals surface area contributed by atoms with E-state index in [0.29, 0.717) is 27.9 Å². The zero-order chi connectivity index (χ0) is 25.4. The van der Waals surface area contributed by atoms with Crippen molar-refractivity contribution in [2.24, 2.45) is 11.8 Å². The van der Waals surface area contributed by atoms with Gasteiger partial charge in [0.15, 0.2) is 0 Å². The van der Waals surface area contributed by atoms with Crippen molar-refractivity contribution in [2.75, 3.05) is 11.9 Å². The summed E-state index contributed by atoms with van der Waals surface area (Å²) in [5.74, 6) is -3.72. The van der Waals surface area contributed by atoms with Crippen LogP contribution in [0.25, 0.3) is 0 Å². The molecule has 36 heavy (non-hydrogen) atoms. The number of anilines is 1. The van der Waals surface area contributed by atoms with Crippen LogP contribution in [0, 0.1) is 22.0 Å². The van der Waals surface area contributed by atoms with Gasteiger partial charge in [-0.3, -0.25) is 29.4 Å². The van der Waals surface area contributed by atoms with Gasteiger partial charge in [-0.25, -0.2) is 0 Å². The molecule has 3 aromatic carbocycles. The Morgan fingerprint density at radius 1 is 0.833 bits per heavy atom. The van der Waals surface area contributed by atoms with Crippen molar-refractivity contribution in [2.45, 2.75) is 9.75 Å². The van der Waals surface area contributed by atoms with E-state index in [2.05, 4.69) is 5.32 Å². The molecule has 0 spiro atoms. The number of benzene rings is 3. The van der Waals surface area contributed by atoms with E-state index < -0.39 is 50.8 Å². The van der Waals surface area contributed by atoms with E-state index >= 15 is 0 Å². The lowest BCUT2D eigenvalue weighted by Crippen LogP contribution is -2.57. The highest BCUT2D eigenvalue weighted by atomic mass is 35.5. The monoisotopic (exact) mass is 521 g/mol. The van der Waals surface area contributed by atoms with Gasteiger partial charge in [0.1, 0.15) is 16.3 Å². The smallest absolute Gasteiger partial charge is 0.269 e. The van der Waals surface area contributed by atoms with Crippen LogP contribution >= 0.6 is 23.2 Å². The van der Waals surface area contributed by atoms with Crippen molar-refractivity contribution >= 4 is 52.3 Å². The van der Waals surface area contributed by atoms with Gasteiger partial charge in [0, 0.05) is 17.8 Å². The Balaban J connectivity index is 1.37. The van der Waals surface area contributed by atoms with Crippen LogP contribution in [-0.4, -0.2) is 34.1 Å². The van der Waals surface area contributed by atoms with Gasteiger partial charge >= 0.3 is 0 Å². The number of nitrogens with one attached hydrogen (secondary N) is 1. The Hall–Kier alpha value is -3.75. The summed E-state index contributed by atoms with van der Waals surface area (Å²) in [7, 11) is 0. The van der Waals surface area contributed by atoms with Gasteiger partial charge in [0.25, 0.3) is 5.69 Å². The fourth-order valence-electron chi connectivity index (χ4n) is 5.89. The van der Waals surface area contributed by atoms with E-state index in [1.807, 2.05) is 48.5 Å². The minimum atomic E-state index is -1.31. The number of hydrogen-bond acceptors (Lipinski definition) is 5. The Morgan fingerprint density at radius 3 is 1.64 bits per heavy atom. The molecular formula is C26H17Cl2N3O5. The van der Waals surface area contributed by atoms with Crippen LogP contribution in [-0.2, 0) is 24.1 Å². The van der Waals surface area contributed by atoms with E-state index in [-0.39, 0.29) is 5.69 Å². The number of carbonyl (C=O) groups is 3. The maximum absolute atomic E-state index is 13.7. The highest BCUT2D eigenvalue weighted by Crippen LogP contribution is 2.69. The van der Waals surface area contributed by atoms with Gasteiger partial charge < -0.3 is 5.32 Å². The molecule has 3 aliphatic carbocycles. The Labute approximate surface area is 215 Å². The van der Waals surface area contributed by atoms with Crippen molar-refractivity contribution < 1.29 is 19.3 Å². The molecule has 1 fully saturated rings. The standard InChI is InChI=1S/C26H17Cl2N3O5/c27-25-16-5-1-2-6-17(16)26(28,19-8-4-3-7-18(19)25)22-21(25)23(33)30(24(22)34)13-20(32)29-14-9-11-15(12-10-14)31(35)36/h1-12,21-22H,13H2,(H,29,32)/t21-,22+,25?,26?. The largest absolute Gasteiger partial charge is 0.325 e. The summed E-state index contributed by atoms with van der Waals surface area (Å²) in [5.41, 5.74) is 2.89. The first kappa shape index (κ1) is 22.7. The van der Waals surface area contributed by atoms with Crippen molar-refractivity contribution in [3.05, 3.63) is 105 Å². The normalized spacial score (nSPS) is 27.3. The molecule has 180 valence electrons. The first-order valence-corrected chi connectivity index (χ1v) is 11.9. The first-order chi connectivity index (χ1) is 17.2. The summed E-state index contributed by atoms with van der Waals surface area (Å²) in [6.45, 7) is -0.533. The highest BCUT2D eigenvalue weighted by molar-refractivity contribution is 6.36. The van der Waals surface area contributed by atoms with E-state index in [4.69, 9.17) is 23.2 Å². The highest BCUT2D eigenvalue weighted by Gasteiger charge is 2.73. The number of nitro benzene ring substituents is 1. The summed E-state index contributed by atoms with van der Waals surface area (Å²) < 4.78 is 0. The van der Waals surface area contributed by atoms with Gasteiger partial charge in [0.05, 0.1) is 16.8 Å². The molecule has 10 heteroatoms. The predicted octanol–water partition coefficient (Wildman–Crippen LogP) is 4.13. The molecule has 7 rings (SSSR count). The first-order valence-electron chi connectivity index (χ1n) is 11.2. The Kier molecular flexibility index (Phi) is 4.81. The Morgan fingerprint density at radius 2 is 1.25 bits per heavy atom. The molecular weight excluding hydrogens is 505 g/mol. The third-order valence-electron chi connectivity index (χ3n) is 7.34. The van der Waals surface area contributed by atoms with Crippen molar-refractivity contribution in [1.82, 2.24) is 4.90 Å². The molecule has 1 N–H and O–H groups in total. The zero-order valence-corrected chi connectivity index (χ0v) is 20.0. The summed E-state index contributed by atoms with van der Waals surface area (Å²) in [6, 6.07) is 19.8. The molecule has 0 unspecified atom stereocenters. The lowest BCUT2D eigenvalue weighted by Gasteiger charge is -2.54. The van der Waals surface area contributed by atoms with Crippen LogP contribution < -0.4 is 5.32 Å². The average molecular weight is 522 g/mol. The van der Waals surface area contributed by atoms with Crippen molar-refractivity contribution in [1.29, 1.82) is 0 Å². The topological polar surface area (TPSA) is 110 Å². The number of imide groups is 1. The maximum atomic E-state index is 13.7. The van der Waals surface area contributed by atoms with Crippen LogP contribution in [0.2, 0.25) is 0 Å². The number of rotatable bonds is 4. The molecule has 2 atom stereocenters. The zero-order valence-electron chi connectivity index (χ0n) is 18.5. The lowest BCUT2D eigenvalue weighted by molar-refractivity contribution is -0.384. The fourth-order valence-corrected chi connectivity index (χ4v) is 6.99. The van der Waals surface area contributed by atoms with E-state index in [1.165, 1.54) is 24.3 Å². The molecule has 0 saturated carbocycles. The number of nitrogens with zero attached hydrogens (tertiary/aromatic N) is 2. The van der Waals surface area contributed by atoms with Gasteiger partial charge in [-0.2, -0.15) is 0 Å². The lowest BCUT2D eigenvalue weighted by atomic mass is 9.54. The fraction of sp³-hybridized carbons (Fsp3) is 0.192. The second kappa shape index (κ2) is 7.62. The number of carbonyl (C=O) groups excluding carboxylic acids is 3. The third-order valence-corrected chi connectivity index (χ3v) is 8.62. The van der Waals surface area contributed by atoms with Crippen molar-refractivity contribution in [3.8, 4) is 0 Å². The second-order valence-corrected chi connectivity index (χ2v) is 10.3. The molecule has 2 bridgehead atoms. The molecule has 3 aromatic rings. The quantitative estimate of drug-likeness (QED) is 0.240. The average Bonchev–Trinajstić information content (AvgIpc) is 3.13. The summed E-state index contributed by atoms with van der Waals surface area (Å²) in [5, 5.41) is 13.4. The molecule has 8 nitrogen and oxygen atoms in total. The minimum Gasteiger partial charge on any atom is -0.325 e. The van der Waals surface area contributed by atoms with Gasteiger partial charge in [-0.1, -0.05) is 48.5 Å². The molecule has 0 aromatic heterocycles. The molecule has 0 radical (unpaired) electrons.